The number of carbonyl (C=O) groups excluding carboxylic acids is 1. The van der Waals surface area contributed by atoms with Gasteiger partial charge in [-0.25, -0.2) is 13.8 Å². The smallest absolute Gasteiger partial charge is 0.333 e. The Morgan fingerprint density at radius 2 is 1.83 bits per heavy atom. The Balaban J connectivity index is 1.92. The second-order valence-corrected chi connectivity index (χ2v) is 13.5. The van der Waals surface area contributed by atoms with Crippen LogP contribution in [0.1, 0.15) is 71.6 Å². The van der Waals surface area contributed by atoms with Crippen molar-refractivity contribution in [3.05, 3.63) is 68.4 Å². The second kappa shape index (κ2) is 15.3. The number of carbonyl (C=O) groups is 1. The normalized spacial score (nSPS) is 13.3. The van der Waals surface area contributed by atoms with E-state index < -0.39 is 34.6 Å². The van der Waals surface area contributed by atoms with Gasteiger partial charge in [0.05, 0.1) is 44.6 Å². The standard InChI is InChI=1S/C33H45FN6O6S/c1-9-10-15-45-18-21(4)19-46-26(24-16-23(34)11-12-25(24)44-8)17-38-30-27(22(5)29(47-30)40-35-13-14-36-40)28(41)39(32(38)43)33(6,7)31(42)37-20(2)3/h11-14,16,20-21,26H,9-10,15,17-19H2,1-8H3,(H,37,42)/t21?,26-/m0/s1. The van der Waals surface area contributed by atoms with Crippen LogP contribution in [0.5, 0.6) is 5.75 Å². The van der Waals surface area contributed by atoms with Crippen LogP contribution >= 0.6 is 11.3 Å². The van der Waals surface area contributed by atoms with Crippen molar-refractivity contribution in [3.8, 4) is 10.8 Å². The van der Waals surface area contributed by atoms with Gasteiger partial charge < -0.3 is 19.5 Å². The van der Waals surface area contributed by atoms with Crippen molar-refractivity contribution in [2.75, 3.05) is 26.9 Å². The van der Waals surface area contributed by atoms with E-state index in [1.54, 1.807) is 20.8 Å². The van der Waals surface area contributed by atoms with E-state index in [0.29, 0.717) is 39.9 Å². The molecular formula is C33H45FN6O6S. The Morgan fingerprint density at radius 3 is 2.47 bits per heavy atom. The second-order valence-electron chi connectivity index (χ2n) is 12.5. The van der Waals surface area contributed by atoms with E-state index in [9.17, 15) is 18.8 Å². The van der Waals surface area contributed by atoms with Crippen LogP contribution in [0.15, 0.2) is 40.2 Å². The monoisotopic (exact) mass is 672 g/mol. The molecule has 0 aliphatic carbocycles. The van der Waals surface area contributed by atoms with E-state index in [1.807, 2.05) is 6.92 Å². The number of ether oxygens (including phenoxy) is 3. The number of halogens is 1. The summed E-state index contributed by atoms with van der Waals surface area (Å²) in [6.45, 7) is 13.7. The van der Waals surface area contributed by atoms with E-state index in [4.69, 9.17) is 14.2 Å². The molecule has 1 amide bonds. The number of aromatic nitrogens is 5. The first kappa shape index (κ1) is 36.0. The third-order valence-corrected chi connectivity index (χ3v) is 9.12. The highest BCUT2D eigenvalue weighted by Crippen LogP contribution is 2.34. The lowest BCUT2D eigenvalue weighted by atomic mass is 10.0. The molecule has 3 heterocycles. The Labute approximate surface area is 277 Å². The summed E-state index contributed by atoms with van der Waals surface area (Å²) >= 11 is 1.17. The molecule has 0 saturated carbocycles. The van der Waals surface area contributed by atoms with Crippen molar-refractivity contribution in [3.63, 3.8) is 0 Å². The maximum absolute atomic E-state index is 14.7. The van der Waals surface area contributed by atoms with Crippen LogP contribution in [-0.4, -0.2) is 63.0 Å². The third-order valence-electron chi connectivity index (χ3n) is 7.84. The molecule has 256 valence electrons. The molecule has 0 aliphatic heterocycles. The van der Waals surface area contributed by atoms with Crippen molar-refractivity contribution < 1.29 is 23.4 Å². The topological polar surface area (TPSA) is 132 Å². The van der Waals surface area contributed by atoms with Gasteiger partial charge in [-0.3, -0.25) is 14.2 Å². The van der Waals surface area contributed by atoms with Gasteiger partial charge in [-0.15, -0.1) is 4.80 Å². The Kier molecular flexibility index (Phi) is 11.7. The first-order chi connectivity index (χ1) is 22.3. The Morgan fingerprint density at radius 1 is 1.13 bits per heavy atom. The molecule has 2 atom stereocenters. The molecule has 0 radical (unpaired) electrons. The molecule has 0 aliphatic rings. The predicted octanol–water partition coefficient (Wildman–Crippen LogP) is 4.73. The van der Waals surface area contributed by atoms with Crippen molar-refractivity contribution in [1.82, 2.24) is 29.4 Å². The van der Waals surface area contributed by atoms with Crippen LogP contribution in [0, 0.1) is 18.7 Å². The first-order valence-corrected chi connectivity index (χ1v) is 16.6. The fourth-order valence-corrected chi connectivity index (χ4v) is 6.48. The van der Waals surface area contributed by atoms with E-state index in [0.717, 1.165) is 17.4 Å². The summed E-state index contributed by atoms with van der Waals surface area (Å²) in [7, 11) is 1.48. The lowest BCUT2D eigenvalue weighted by Crippen LogP contribution is -2.56. The lowest BCUT2D eigenvalue weighted by Gasteiger charge is -2.29. The van der Waals surface area contributed by atoms with Gasteiger partial charge in [0.25, 0.3) is 5.56 Å². The van der Waals surface area contributed by atoms with Gasteiger partial charge in [0.2, 0.25) is 5.91 Å². The largest absolute Gasteiger partial charge is 0.496 e. The van der Waals surface area contributed by atoms with Crippen molar-refractivity contribution >= 4 is 27.5 Å². The van der Waals surface area contributed by atoms with Crippen LogP contribution in [0.2, 0.25) is 0 Å². The van der Waals surface area contributed by atoms with Gasteiger partial charge in [0.15, 0.2) is 0 Å². The number of hydrogen-bond donors (Lipinski definition) is 1. The van der Waals surface area contributed by atoms with Gasteiger partial charge in [0, 0.05) is 29.7 Å². The zero-order valence-electron chi connectivity index (χ0n) is 28.3. The summed E-state index contributed by atoms with van der Waals surface area (Å²) in [6.07, 6.45) is 4.12. The number of unbranched alkanes of at least 4 members (excludes halogenated alkanes) is 1. The number of methoxy groups -OCH3 is 1. The molecule has 1 aromatic carbocycles. The molecule has 1 N–H and O–H groups in total. The summed E-state index contributed by atoms with van der Waals surface area (Å²) in [5.41, 5.74) is -1.95. The van der Waals surface area contributed by atoms with Crippen molar-refractivity contribution in [2.45, 2.75) is 85.5 Å². The summed E-state index contributed by atoms with van der Waals surface area (Å²) in [5, 5.41) is 12.1. The quantitative estimate of drug-likeness (QED) is 0.169. The average Bonchev–Trinajstić information content (AvgIpc) is 3.67. The summed E-state index contributed by atoms with van der Waals surface area (Å²) in [4.78, 5) is 43.9. The summed E-state index contributed by atoms with van der Waals surface area (Å²) in [5.74, 6) is -0.629. The fourth-order valence-electron chi connectivity index (χ4n) is 5.26. The van der Waals surface area contributed by atoms with Crippen molar-refractivity contribution in [2.24, 2.45) is 5.92 Å². The number of nitrogens with zero attached hydrogens (tertiary/aromatic N) is 5. The number of aryl methyl sites for hydroxylation is 1. The minimum absolute atomic E-state index is 0.0141. The number of amides is 1. The van der Waals surface area contributed by atoms with E-state index in [-0.39, 0.29) is 30.5 Å². The number of rotatable bonds is 16. The molecule has 4 aromatic rings. The highest BCUT2D eigenvalue weighted by molar-refractivity contribution is 7.21. The van der Waals surface area contributed by atoms with E-state index >= 15 is 0 Å². The van der Waals surface area contributed by atoms with Crippen molar-refractivity contribution in [1.29, 1.82) is 0 Å². The molecule has 4 rings (SSSR count). The van der Waals surface area contributed by atoms with Gasteiger partial charge in [-0.05, 0) is 59.2 Å². The minimum atomic E-state index is -1.57. The van der Waals surface area contributed by atoms with Gasteiger partial charge in [-0.2, -0.15) is 10.2 Å². The number of hydrogen-bond acceptors (Lipinski definition) is 9. The Hall–Kier alpha value is -3.88. The maximum Gasteiger partial charge on any atom is 0.333 e. The number of fused-ring (bicyclic) bond motifs is 1. The highest BCUT2D eigenvalue weighted by Gasteiger charge is 2.36. The molecule has 12 nitrogen and oxygen atoms in total. The first-order valence-electron chi connectivity index (χ1n) is 15.8. The lowest BCUT2D eigenvalue weighted by molar-refractivity contribution is -0.129. The Bertz CT molecular complexity index is 1800. The van der Waals surface area contributed by atoms with E-state index in [1.165, 1.54) is 72.3 Å². The molecule has 14 heteroatoms. The van der Waals surface area contributed by atoms with Crippen LogP contribution in [0.3, 0.4) is 0 Å². The zero-order valence-corrected chi connectivity index (χ0v) is 29.1. The van der Waals surface area contributed by atoms with Crippen LogP contribution in [-0.2, 0) is 26.4 Å². The average molecular weight is 673 g/mol. The predicted molar refractivity (Wildman–Crippen MR) is 179 cm³/mol. The van der Waals surface area contributed by atoms with E-state index in [2.05, 4.69) is 22.4 Å². The SMILES string of the molecule is CCCCOCC(C)CO[C@@H](Cn1c(=O)n(C(C)(C)C(=O)NC(C)C)c(=O)c2c(C)c(-n3nccn3)sc21)c1cc(F)ccc1OC. The summed E-state index contributed by atoms with van der Waals surface area (Å²) < 4.78 is 35.0. The highest BCUT2D eigenvalue weighted by atomic mass is 32.1. The number of nitrogens with one attached hydrogen (secondary N) is 1. The molecule has 1 unspecified atom stereocenters. The molecule has 0 fully saturated rings. The number of thiophene rings is 1. The maximum atomic E-state index is 14.7. The van der Waals surface area contributed by atoms with Gasteiger partial charge >= 0.3 is 5.69 Å². The molecule has 3 aromatic heterocycles. The fraction of sp³-hybridized carbons (Fsp3) is 0.545. The number of benzene rings is 1. The van der Waals surface area contributed by atoms with Gasteiger partial charge in [0.1, 0.15) is 33.0 Å². The van der Waals surface area contributed by atoms with Crippen LogP contribution in [0.25, 0.3) is 15.2 Å². The zero-order chi connectivity index (χ0) is 34.5. The molecule has 47 heavy (non-hydrogen) atoms. The molecule has 0 spiro atoms. The minimum Gasteiger partial charge on any atom is -0.496 e. The molecule has 0 saturated heterocycles. The summed E-state index contributed by atoms with van der Waals surface area (Å²) in [6, 6.07) is 3.89. The third kappa shape index (κ3) is 7.82. The van der Waals surface area contributed by atoms with Crippen LogP contribution in [0.4, 0.5) is 4.39 Å². The molecule has 0 bridgehead atoms. The molecular weight excluding hydrogens is 627 g/mol. The van der Waals surface area contributed by atoms with Gasteiger partial charge in [-0.1, -0.05) is 31.6 Å². The van der Waals surface area contributed by atoms with Crippen LogP contribution < -0.4 is 21.3 Å².